The first-order valence-corrected chi connectivity index (χ1v) is 8.41. The van der Waals surface area contributed by atoms with E-state index >= 15 is 0 Å². The smallest absolute Gasteiger partial charge is 0.393 e. The van der Waals surface area contributed by atoms with Crippen molar-refractivity contribution in [2.75, 3.05) is 25.5 Å². The Kier molecular flexibility index (Phi) is 5.15. The number of fused-ring (bicyclic) bond motifs is 1. The Balaban J connectivity index is 1.99. The summed E-state index contributed by atoms with van der Waals surface area (Å²) in [6.07, 6.45) is -5.95. The fourth-order valence-corrected chi connectivity index (χ4v) is 3.29. The Bertz CT molecular complexity index is 847. The molecule has 1 aromatic heterocycles. The molecule has 140 valence electrons. The lowest BCUT2D eigenvalue weighted by atomic mass is 10.0. The van der Waals surface area contributed by atoms with E-state index in [1.807, 2.05) is 11.9 Å². The summed E-state index contributed by atoms with van der Waals surface area (Å²) in [5, 5.41) is 3.47. The van der Waals surface area contributed by atoms with Crippen molar-refractivity contribution in [3.63, 3.8) is 0 Å². The van der Waals surface area contributed by atoms with Gasteiger partial charge in [-0.25, -0.2) is 4.39 Å². The minimum atomic E-state index is -4.37. The van der Waals surface area contributed by atoms with Crippen molar-refractivity contribution < 1.29 is 22.0 Å². The summed E-state index contributed by atoms with van der Waals surface area (Å²) < 4.78 is 58.9. The second-order valence-electron chi connectivity index (χ2n) is 6.58. The average molecular weight is 368 g/mol. The number of para-hydroxylation sites is 1. The second kappa shape index (κ2) is 7.20. The lowest BCUT2D eigenvalue weighted by molar-refractivity contribution is -0.127. The Hall–Kier alpha value is -2.20. The molecular weight excluding hydrogens is 348 g/mol. The van der Waals surface area contributed by atoms with Gasteiger partial charge < -0.3 is 14.6 Å². The molecule has 1 aliphatic rings. The fourth-order valence-electron chi connectivity index (χ4n) is 3.29. The highest BCUT2D eigenvalue weighted by Crippen LogP contribution is 2.35. The van der Waals surface area contributed by atoms with Gasteiger partial charge in [0.2, 0.25) is 0 Å². The van der Waals surface area contributed by atoms with Gasteiger partial charge in [0.05, 0.1) is 18.2 Å². The molecule has 2 atom stereocenters. The Morgan fingerprint density at radius 1 is 1.35 bits per heavy atom. The number of anilines is 1. The lowest BCUT2D eigenvalue weighted by Crippen LogP contribution is -2.46. The molecule has 0 aliphatic carbocycles. The Labute approximate surface area is 149 Å². The number of furan rings is 1. The van der Waals surface area contributed by atoms with Gasteiger partial charge in [0.15, 0.2) is 11.3 Å². The number of halogens is 4. The summed E-state index contributed by atoms with van der Waals surface area (Å²) in [6.45, 7) is 2.60. The monoisotopic (exact) mass is 368 g/mol. The molecule has 26 heavy (non-hydrogen) atoms. The molecule has 7 heteroatoms. The lowest BCUT2D eigenvalue weighted by Gasteiger charge is -2.33. The van der Waals surface area contributed by atoms with Crippen LogP contribution < -0.4 is 5.32 Å². The number of rotatable bonds is 3. The number of piperidine rings is 1. The number of hydrogen-bond donors (Lipinski definition) is 1. The van der Waals surface area contributed by atoms with Gasteiger partial charge in [-0.3, -0.25) is 0 Å². The molecule has 1 aromatic carbocycles. The maximum atomic E-state index is 14.3. The van der Waals surface area contributed by atoms with E-state index in [2.05, 4.69) is 17.2 Å². The first kappa shape index (κ1) is 18.6. The van der Waals surface area contributed by atoms with E-state index < -0.39 is 24.8 Å². The zero-order valence-corrected chi connectivity index (χ0v) is 14.6. The van der Waals surface area contributed by atoms with Gasteiger partial charge in [0.25, 0.3) is 0 Å². The topological polar surface area (TPSA) is 28.4 Å². The molecule has 1 saturated heterocycles. The van der Waals surface area contributed by atoms with Crippen LogP contribution in [0.4, 0.5) is 23.2 Å². The maximum Gasteiger partial charge on any atom is 0.393 e. The molecule has 2 aromatic rings. The molecule has 0 spiro atoms. The number of nitrogens with one attached hydrogen (secondary N) is 1. The normalized spacial score (nSPS) is 21.5. The quantitative estimate of drug-likeness (QED) is 0.644. The SMILES string of the molecule is CC#Cc1oc2c(NC3CCN(C)CC3F)cccc2c1CC(F)(F)F. The van der Waals surface area contributed by atoms with Gasteiger partial charge in [-0.1, -0.05) is 18.1 Å². The second-order valence-corrected chi connectivity index (χ2v) is 6.58. The molecule has 0 radical (unpaired) electrons. The Morgan fingerprint density at radius 2 is 2.12 bits per heavy atom. The van der Waals surface area contributed by atoms with Crippen LogP contribution in [-0.2, 0) is 6.42 Å². The van der Waals surface area contributed by atoms with Crippen LogP contribution in [-0.4, -0.2) is 43.4 Å². The fraction of sp³-hybridized carbons (Fsp3) is 0.474. The van der Waals surface area contributed by atoms with E-state index in [1.54, 1.807) is 18.2 Å². The van der Waals surface area contributed by atoms with E-state index in [9.17, 15) is 17.6 Å². The van der Waals surface area contributed by atoms with Gasteiger partial charge in [-0.15, -0.1) is 0 Å². The molecule has 1 aliphatic heterocycles. The minimum absolute atomic E-state index is 0.00857. The Morgan fingerprint density at radius 3 is 2.77 bits per heavy atom. The zero-order chi connectivity index (χ0) is 18.9. The van der Waals surface area contributed by atoms with Crippen molar-refractivity contribution >= 4 is 16.7 Å². The van der Waals surface area contributed by atoms with Crippen LogP contribution in [0.1, 0.15) is 24.7 Å². The van der Waals surface area contributed by atoms with E-state index in [0.717, 1.165) is 6.54 Å². The van der Waals surface area contributed by atoms with Crippen molar-refractivity contribution in [1.29, 1.82) is 0 Å². The summed E-state index contributed by atoms with van der Waals surface area (Å²) in [7, 11) is 1.86. The highest BCUT2D eigenvalue weighted by molar-refractivity contribution is 5.93. The number of alkyl halides is 4. The van der Waals surface area contributed by atoms with E-state index in [4.69, 9.17) is 4.42 Å². The van der Waals surface area contributed by atoms with Crippen LogP contribution in [0, 0.1) is 11.8 Å². The molecule has 2 heterocycles. The van der Waals surface area contributed by atoms with Crippen LogP contribution in [0.15, 0.2) is 22.6 Å². The molecule has 0 saturated carbocycles. The van der Waals surface area contributed by atoms with E-state index in [0.29, 0.717) is 24.0 Å². The van der Waals surface area contributed by atoms with Crippen molar-refractivity contribution in [1.82, 2.24) is 4.90 Å². The third kappa shape index (κ3) is 3.96. The van der Waals surface area contributed by atoms with Gasteiger partial charge in [0, 0.05) is 24.0 Å². The zero-order valence-electron chi connectivity index (χ0n) is 14.6. The number of likely N-dealkylation sites (tertiary alicyclic amines) is 1. The molecule has 0 bridgehead atoms. The maximum absolute atomic E-state index is 14.3. The van der Waals surface area contributed by atoms with Crippen molar-refractivity contribution in [2.24, 2.45) is 0 Å². The highest BCUT2D eigenvalue weighted by Gasteiger charge is 2.33. The van der Waals surface area contributed by atoms with Crippen LogP contribution in [0.2, 0.25) is 0 Å². The number of nitrogens with zero attached hydrogens (tertiary/aromatic N) is 1. The summed E-state index contributed by atoms with van der Waals surface area (Å²) in [5.41, 5.74) is 0.800. The number of hydrogen-bond acceptors (Lipinski definition) is 3. The van der Waals surface area contributed by atoms with Gasteiger partial charge in [0.1, 0.15) is 6.17 Å². The van der Waals surface area contributed by atoms with Crippen molar-refractivity contribution in [2.45, 2.75) is 38.2 Å². The third-order valence-corrected chi connectivity index (χ3v) is 4.52. The molecular formula is C19H20F4N2O. The van der Waals surface area contributed by atoms with E-state index in [1.165, 1.54) is 6.92 Å². The first-order valence-electron chi connectivity index (χ1n) is 8.41. The molecule has 3 rings (SSSR count). The van der Waals surface area contributed by atoms with Crippen LogP contribution in [0.25, 0.3) is 11.0 Å². The average Bonchev–Trinajstić information content (AvgIpc) is 2.88. The van der Waals surface area contributed by atoms with Crippen LogP contribution >= 0.6 is 0 Å². The van der Waals surface area contributed by atoms with Crippen LogP contribution in [0.5, 0.6) is 0 Å². The van der Waals surface area contributed by atoms with Gasteiger partial charge in [-0.2, -0.15) is 13.2 Å². The molecule has 3 nitrogen and oxygen atoms in total. The van der Waals surface area contributed by atoms with Crippen molar-refractivity contribution in [3.05, 3.63) is 29.5 Å². The van der Waals surface area contributed by atoms with E-state index in [-0.39, 0.29) is 16.9 Å². The molecule has 2 unspecified atom stereocenters. The molecule has 1 N–H and O–H groups in total. The molecule has 0 amide bonds. The van der Waals surface area contributed by atoms with Gasteiger partial charge >= 0.3 is 6.18 Å². The third-order valence-electron chi connectivity index (χ3n) is 4.52. The van der Waals surface area contributed by atoms with Crippen molar-refractivity contribution in [3.8, 4) is 11.8 Å². The summed E-state index contributed by atoms with van der Waals surface area (Å²) >= 11 is 0. The summed E-state index contributed by atoms with van der Waals surface area (Å²) in [6, 6.07) is 4.50. The largest absolute Gasteiger partial charge is 0.445 e. The first-order chi connectivity index (χ1) is 12.3. The summed E-state index contributed by atoms with van der Waals surface area (Å²) in [4.78, 5) is 1.91. The molecule has 1 fully saturated rings. The van der Waals surface area contributed by atoms with Crippen LogP contribution in [0.3, 0.4) is 0 Å². The highest BCUT2D eigenvalue weighted by atomic mass is 19.4. The minimum Gasteiger partial charge on any atom is -0.445 e. The summed E-state index contributed by atoms with van der Waals surface area (Å²) in [5.74, 6) is 5.20. The number of benzene rings is 1. The van der Waals surface area contributed by atoms with Gasteiger partial charge in [-0.05, 0) is 32.4 Å². The predicted octanol–water partition coefficient (Wildman–Crippen LogP) is 4.36. The standard InChI is InChI=1S/C19H20F4N2O/c1-3-5-17-13(10-19(21,22)23)12-6-4-7-16(18(12)26-17)24-15-8-9-25(2)11-14(15)20/h4,6-7,14-15,24H,8-11H2,1-2H3. The predicted molar refractivity (Wildman–Crippen MR) is 92.9 cm³/mol.